The Morgan fingerprint density at radius 3 is 2.14 bits per heavy atom. The topological polar surface area (TPSA) is 77.8 Å². The van der Waals surface area contributed by atoms with E-state index in [0.29, 0.717) is 22.1 Å². The quantitative estimate of drug-likeness (QED) is 0.436. The van der Waals surface area contributed by atoms with Gasteiger partial charge in [0.1, 0.15) is 5.76 Å². The van der Waals surface area contributed by atoms with Gasteiger partial charge in [0, 0.05) is 17.1 Å². The van der Waals surface area contributed by atoms with Gasteiger partial charge in [0.25, 0.3) is 11.7 Å². The summed E-state index contributed by atoms with van der Waals surface area (Å²) in [6.07, 6.45) is -0.818. The van der Waals surface area contributed by atoms with Crippen LogP contribution in [0, 0.1) is 0 Å². The summed E-state index contributed by atoms with van der Waals surface area (Å²) in [6.45, 7) is 5.69. The molecule has 1 saturated heterocycles. The van der Waals surface area contributed by atoms with Crippen LogP contribution in [0.15, 0.2) is 54.1 Å². The average Bonchev–Trinajstić information content (AvgIpc) is 2.92. The third-order valence-electron chi connectivity index (χ3n) is 5.04. The zero-order chi connectivity index (χ0) is 21.3. The molecule has 1 aliphatic rings. The monoisotopic (exact) mass is 413 g/mol. The molecule has 29 heavy (non-hydrogen) atoms. The van der Waals surface area contributed by atoms with Gasteiger partial charge in [-0.25, -0.2) is 0 Å². The maximum atomic E-state index is 12.8. The Kier molecular flexibility index (Phi) is 6.10. The molecular formula is C23H24ClNO4. The third kappa shape index (κ3) is 4.21. The van der Waals surface area contributed by atoms with Crippen molar-refractivity contribution in [1.82, 2.24) is 4.90 Å². The minimum atomic E-state index is -0.818. The summed E-state index contributed by atoms with van der Waals surface area (Å²) in [4.78, 5) is 26.8. The number of halogens is 1. The molecule has 0 aliphatic carbocycles. The number of hydrogen-bond donors (Lipinski definition) is 2. The number of aliphatic hydroxyl groups is 2. The number of β-amino-alcohol motifs (C(OH)–C–C–N with tert-alkyl or cyclic N) is 1. The maximum absolute atomic E-state index is 12.8. The molecule has 152 valence electrons. The predicted molar refractivity (Wildman–Crippen MR) is 113 cm³/mol. The minimum Gasteiger partial charge on any atom is -0.507 e. The molecule has 0 saturated carbocycles. The van der Waals surface area contributed by atoms with Crippen LogP contribution >= 0.6 is 11.6 Å². The van der Waals surface area contributed by atoms with E-state index in [1.165, 1.54) is 4.90 Å². The summed E-state index contributed by atoms with van der Waals surface area (Å²) >= 11 is 5.92. The highest BCUT2D eigenvalue weighted by Crippen LogP contribution is 2.39. The van der Waals surface area contributed by atoms with E-state index in [-0.39, 0.29) is 17.9 Å². The highest BCUT2D eigenvalue weighted by Gasteiger charge is 2.46. The molecular weight excluding hydrogens is 390 g/mol. The smallest absolute Gasteiger partial charge is 0.295 e. The first-order chi connectivity index (χ1) is 13.7. The Morgan fingerprint density at radius 2 is 1.62 bits per heavy atom. The number of carbonyl (C=O) groups is 2. The maximum Gasteiger partial charge on any atom is 0.295 e. The number of aliphatic hydroxyl groups excluding tert-OH is 2. The molecule has 1 heterocycles. The number of likely N-dealkylation sites (tertiary alicyclic amines) is 1. The van der Waals surface area contributed by atoms with Gasteiger partial charge in [-0.05, 0) is 48.2 Å². The number of carbonyl (C=O) groups excluding carboxylic acids is 2. The normalized spacial score (nSPS) is 19.8. The van der Waals surface area contributed by atoms with Crippen LogP contribution in [0.5, 0.6) is 0 Å². The molecule has 2 N–H and O–H groups in total. The molecule has 6 heteroatoms. The van der Waals surface area contributed by atoms with Gasteiger partial charge in [0.2, 0.25) is 0 Å². The number of Topliss-reactive ketones (excluding diaryl/α,β-unsaturated/α-hetero) is 1. The minimum absolute atomic E-state index is 0.00951. The van der Waals surface area contributed by atoms with Crippen molar-refractivity contribution in [3.63, 3.8) is 0 Å². The van der Waals surface area contributed by atoms with Crippen LogP contribution in [0.1, 0.15) is 49.4 Å². The molecule has 2 atom stereocenters. The molecule has 0 bridgehead atoms. The summed E-state index contributed by atoms with van der Waals surface area (Å²) in [5.41, 5.74) is 2.23. The number of benzene rings is 2. The fraction of sp³-hybridized carbons (Fsp3) is 0.304. The van der Waals surface area contributed by atoms with Crippen LogP contribution in [0.4, 0.5) is 0 Å². The van der Waals surface area contributed by atoms with Crippen LogP contribution < -0.4 is 0 Å². The Labute approximate surface area is 175 Å². The number of hydrogen-bond acceptors (Lipinski definition) is 4. The first-order valence-electron chi connectivity index (χ1n) is 9.53. The van der Waals surface area contributed by atoms with Crippen molar-refractivity contribution in [2.24, 2.45) is 0 Å². The molecule has 3 rings (SSSR count). The lowest BCUT2D eigenvalue weighted by atomic mass is 9.93. The van der Waals surface area contributed by atoms with Crippen molar-refractivity contribution in [3.8, 4) is 0 Å². The molecule has 1 aliphatic heterocycles. The van der Waals surface area contributed by atoms with Gasteiger partial charge < -0.3 is 15.1 Å². The van der Waals surface area contributed by atoms with E-state index < -0.39 is 23.8 Å². The summed E-state index contributed by atoms with van der Waals surface area (Å²) in [5.74, 6) is -1.43. The lowest BCUT2D eigenvalue weighted by molar-refractivity contribution is -0.140. The van der Waals surface area contributed by atoms with Gasteiger partial charge in [-0.1, -0.05) is 49.7 Å². The van der Waals surface area contributed by atoms with Crippen molar-refractivity contribution in [1.29, 1.82) is 0 Å². The second kappa shape index (κ2) is 8.39. The molecule has 0 spiro atoms. The van der Waals surface area contributed by atoms with Crippen LogP contribution in [0.2, 0.25) is 5.02 Å². The molecule has 1 fully saturated rings. The molecule has 0 radical (unpaired) electrons. The van der Waals surface area contributed by atoms with E-state index in [0.717, 1.165) is 5.56 Å². The number of rotatable bonds is 5. The molecule has 2 unspecified atom stereocenters. The number of ketones is 1. The molecule has 0 aromatic heterocycles. The Bertz CT molecular complexity index is 946. The molecule has 2 aromatic carbocycles. The summed E-state index contributed by atoms with van der Waals surface area (Å²) in [6, 6.07) is 13.2. The van der Waals surface area contributed by atoms with Gasteiger partial charge in [0.05, 0.1) is 17.7 Å². The van der Waals surface area contributed by atoms with Gasteiger partial charge in [-0.3, -0.25) is 9.59 Å². The van der Waals surface area contributed by atoms with Crippen LogP contribution in [-0.4, -0.2) is 39.5 Å². The summed E-state index contributed by atoms with van der Waals surface area (Å²) in [5, 5.41) is 21.3. The average molecular weight is 414 g/mol. The fourth-order valence-electron chi connectivity index (χ4n) is 3.53. The standard InChI is InChI=1S/C23H24ClNO4/c1-13(2)15-4-6-16(7-5-15)20-19(21(27)17-8-10-18(24)11-9-17)22(28)23(29)25(20)12-14(3)26/h4-11,13-14,20,26-27H,12H2,1-3H3/b21-19+. The largest absolute Gasteiger partial charge is 0.507 e. The van der Waals surface area contributed by atoms with Crippen molar-refractivity contribution in [3.05, 3.63) is 75.8 Å². The number of nitrogens with zero attached hydrogens (tertiary/aromatic N) is 1. The lowest BCUT2D eigenvalue weighted by Gasteiger charge is -2.26. The predicted octanol–water partition coefficient (Wildman–Crippen LogP) is 4.27. The highest BCUT2D eigenvalue weighted by molar-refractivity contribution is 6.46. The zero-order valence-electron chi connectivity index (χ0n) is 16.6. The third-order valence-corrected chi connectivity index (χ3v) is 5.29. The van der Waals surface area contributed by atoms with Crippen LogP contribution in [0.3, 0.4) is 0 Å². The van der Waals surface area contributed by atoms with Crippen LogP contribution in [-0.2, 0) is 9.59 Å². The first-order valence-corrected chi connectivity index (χ1v) is 9.90. The Morgan fingerprint density at radius 1 is 1.03 bits per heavy atom. The van der Waals surface area contributed by atoms with Gasteiger partial charge in [0.15, 0.2) is 0 Å². The van der Waals surface area contributed by atoms with Gasteiger partial charge in [-0.2, -0.15) is 0 Å². The summed E-state index contributed by atoms with van der Waals surface area (Å²) in [7, 11) is 0. The summed E-state index contributed by atoms with van der Waals surface area (Å²) < 4.78 is 0. The van der Waals surface area contributed by atoms with Crippen molar-refractivity contribution in [2.45, 2.75) is 38.8 Å². The van der Waals surface area contributed by atoms with Crippen molar-refractivity contribution >= 4 is 29.1 Å². The first kappa shape index (κ1) is 21.1. The number of amides is 1. The fourth-order valence-corrected chi connectivity index (χ4v) is 3.65. The Balaban J connectivity index is 2.15. The molecule has 1 amide bonds. The van der Waals surface area contributed by atoms with E-state index in [9.17, 15) is 19.8 Å². The van der Waals surface area contributed by atoms with Crippen molar-refractivity contribution in [2.75, 3.05) is 6.54 Å². The second-order valence-corrected chi connectivity index (χ2v) is 8.07. The second-order valence-electron chi connectivity index (χ2n) is 7.63. The van der Waals surface area contributed by atoms with E-state index in [2.05, 4.69) is 13.8 Å². The molecule has 2 aromatic rings. The van der Waals surface area contributed by atoms with Gasteiger partial charge in [-0.15, -0.1) is 0 Å². The van der Waals surface area contributed by atoms with E-state index in [1.807, 2.05) is 24.3 Å². The Hall–Kier alpha value is -2.63. The SMILES string of the molecule is CC(O)CN1C(=O)C(=O)/C(=C(/O)c2ccc(Cl)cc2)C1c1ccc(C(C)C)cc1. The van der Waals surface area contributed by atoms with E-state index in [4.69, 9.17) is 11.6 Å². The molecule has 5 nitrogen and oxygen atoms in total. The van der Waals surface area contributed by atoms with Crippen molar-refractivity contribution < 1.29 is 19.8 Å². The van der Waals surface area contributed by atoms with E-state index >= 15 is 0 Å². The lowest BCUT2D eigenvalue weighted by Crippen LogP contribution is -2.35. The van der Waals surface area contributed by atoms with Gasteiger partial charge >= 0.3 is 0 Å². The highest BCUT2D eigenvalue weighted by atomic mass is 35.5. The van der Waals surface area contributed by atoms with Crippen LogP contribution in [0.25, 0.3) is 5.76 Å². The van der Waals surface area contributed by atoms with E-state index in [1.54, 1.807) is 31.2 Å². The zero-order valence-corrected chi connectivity index (χ0v) is 17.3.